The monoisotopic (exact) mass is 538 g/mol. The molecule has 2 aliphatic rings. The standard InChI is InChI=1S/C23H34N6O.HI/c1-18-8-10-28(11-9-18)21-6-4-19(5-7-21)14-25-23(24-2)29-12-13-30-22(17-29)20-15-26-27(3)16-20;/h4-7,15-16,18,22H,8-14,17H2,1-3H3,(H,24,25);1H. The Hall–Kier alpha value is -1.81. The maximum absolute atomic E-state index is 5.96. The summed E-state index contributed by atoms with van der Waals surface area (Å²) in [6.45, 7) is 7.75. The van der Waals surface area contributed by atoms with Gasteiger partial charge in [0.25, 0.3) is 0 Å². The number of aromatic nitrogens is 2. The van der Waals surface area contributed by atoms with Gasteiger partial charge in [-0.3, -0.25) is 9.67 Å². The second-order valence-electron chi connectivity index (χ2n) is 8.49. The molecule has 3 heterocycles. The molecule has 2 fully saturated rings. The molecule has 2 aromatic rings. The molecule has 7 nitrogen and oxygen atoms in total. The zero-order valence-corrected chi connectivity index (χ0v) is 21.2. The van der Waals surface area contributed by atoms with Gasteiger partial charge in [-0.15, -0.1) is 24.0 Å². The molecule has 0 radical (unpaired) electrons. The van der Waals surface area contributed by atoms with E-state index in [-0.39, 0.29) is 30.1 Å². The van der Waals surface area contributed by atoms with E-state index in [2.05, 4.69) is 56.4 Å². The number of benzene rings is 1. The molecule has 1 unspecified atom stereocenters. The van der Waals surface area contributed by atoms with Crippen molar-refractivity contribution in [2.75, 3.05) is 44.7 Å². The van der Waals surface area contributed by atoms with E-state index in [0.717, 1.165) is 37.1 Å². The number of rotatable bonds is 4. The number of guanidine groups is 1. The van der Waals surface area contributed by atoms with Crippen molar-refractivity contribution in [3.8, 4) is 0 Å². The van der Waals surface area contributed by atoms with E-state index in [1.54, 1.807) is 0 Å². The number of piperidine rings is 1. The van der Waals surface area contributed by atoms with Gasteiger partial charge in [0.05, 0.1) is 19.3 Å². The van der Waals surface area contributed by atoms with Crippen molar-refractivity contribution in [2.45, 2.75) is 32.4 Å². The Morgan fingerprint density at radius 1 is 1.19 bits per heavy atom. The number of aliphatic imine (C=N–C) groups is 1. The number of morpholine rings is 1. The summed E-state index contributed by atoms with van der Waals surface area (Å²) < 4.78 is 7.78. The van der Waals surface area contributed by atoms with Crippen LogP contribution in [0.4, 0.5) is 5.69 Å². The normalized spacial score (nSPS) is 20.5. The summed E-state index contributed by atoms with van der Waals surface area (Å²) >= 11 is 0. The molecule has 2 aliphatic heterocycles. The Bertz CT molecular complexity index is 844. The van der Waals surface area contributed by atoms with Crippen molar-refractivity contribution in [1.29, 1.82) is 0 Å². The first kappa shape index (κ1) is 23.8. The van der Waals surface area contributed by atoms with Gasteiger partial charge in [-0.25, -0.2) is 0 Å². The van der Waals surface area contributed by atoms with Gasteiger partial charge in [-0.2, -0.15) is 5.10 Å². The summed E-state index contributed by atoms with van der Waals surface area (Å²) in [7, 11) is 3.78. The van der Waals surface area contributed by atoms with Crippen LogP contribution in [0.15, 0.2) is 41.7 Å². The highest BCUT2D eigenvalue weighted by molar-refractivity contribution is 14.0. The zero-order chi connectivity index (χ0) is 20.9. The molecule has 0 bridgehead atoms. The quantitative estimate of drug-likeness (QED) is 0.368. The van der Waals surface area contributed by atoms with Gasteiger partial charge < -0.3 is 19.9 Å². The van der Waals surface area contributed by atoms with E-state index in [1.165, 1.54) is 37.2 Å². The van der Waals surface area contributed by atoms with E-state index in [9.17, 15) is 0 Å². The third-order valence-electron chi connectivity index (χ3n) is 6.21. The van der Waals surface area contributed by atoms with Gasteiger partial charge in [0.1, 0.15) is 6.10 Å². The largest absolute Gasteiger partial charge is 0.372 e. The maximum atomic E-state index is 5.96. The van der Waals surface area contributed by atoms with Crippen LogP contribution < -0.4 is 10.2 Å². The number of ether oxygens (including phenoxy) is 1. The molecule has 1 aromatic heterocycles. The van der Waals surface area contributed by atoms with Gasteiger partial charge in [0.15, 0.2) is 5.96 Å². The lowest BCUT2D eigenvalue weighted by molar-refractivity contribution is -0.00805. The lowest BCUT2D eigenvalue weighted by Crippen LogP contribution is -2.47. The highest BCUT2D eigenvalue weighted by Crippen LogP contribution is 2.24. The number of nitrogens with zero attached hydrogens (tertiary/aromatic N) is 5. The number of hydrogen-bond acceptors (Lipinski definition) is 4. The SMILES string of the molecule is CN=C(NCc1ccc(N2CCC(C)CC2)cc1)N1CCOC(c2cnn(C)c2)C1.I. The smallest absolute Gasteiger partial charge is 0.194 e. The first-order chi connectivity index (χ1) is 14.6. The van der Waals surface area contributed by atoms with Crippen LogP contribution in [0, 0.1) is 5.92 Å². The number of halogens is 1. The number of anilines is 1. The topological polar surface area (TPSA) is 57.9 Å². The van der Waals surface area contributed by atoms with Gasteiger partial charge >= 0.3 is 0 Å². The second kappa shape index (κ2) is 11.2. The van der Waals surface area contributed by atoms with Crippen LogP contribution in [-0.2, 0) is 18.3 Å². The summed E-state index contributed by atoms with van der Waals surface area (Å²) in [6, 6.07) is 8.96. The summed E-state index contributed by atoms with van der Waals surface area (Å²) in [5, 5.41) is 7.79. The Balaban J connectivity index is 0.00000272. The fourth-order valence-electron chi connectivity index (χ4n) is 4.25. The van der Waals surface area contributed by atoms with Crippen LogP contribution >= 0.6 is 24.0 Å². The van der Waals surface area contributed by atoms with Crippen molar-refractivity contribution in [3.63, 3.8) is 0 Å². The molecule has 1 N–H and O–H groups in total. The van der Waals surface area contributed by atoms with Crippen molar-refractivity contribution < 1.29 is 4.74 Å². The summed E-state index contributed by atoms with van der Waals surface area (Å²) in [6.07, 6.45) is 6.51. The molecule has 0 spiro atoms. The number of aryl methyl sites for hydroxylation is 1. The Kier molecular flexibility index (Phi) is 8.59. The highest BCUT2D eigenvalue weighted by atomic mass is 127. The van der Waals surface area contributed by atoms with E-state index < -0.39 is 0 Å². The van der Waals surface area contributed by atoms with Crippen molar-refractivity contribution in [1.82, 2.24) is 20.0 Å². The number of hydrogen-bond donors (Lipinski definition) is 1. The first-order valence-electron chi connectivity index (χ1n) is 11.0. The summed E-state index contributed by atoms with van der Waals surface area (Å²) in [5.41, 5.74) is 3.71. The Labute approximate surface area is 202 Å². The van der Waals surface area contributed by atoms with E-state index in [1.807, 2.05) is 31.2 Å². The molecule has 170 valence electrons. The van der Waals surface area contributed by atoms with E-state index in [4.69, 9.17) is 4.74 Å². The molecule has 2 saturated heterocycles. The average Bonchev–Trinajstić information content (AvgIpc) is 3.22. The minimum absolute atomic E-state index is 0. The van der Waals surface area contributed by atoms with Crippen molar-refractivity contribution >= 4 is 35.6 Å². The lowest BCUT2D eigenvalue weighted by atomic mass is 9.99. The van der Waals surface area contributed by atoms with Crippen LogP contribution in [0.5, 0.6) is 0 Å². The molecule has 1 aromatic carbocycles. The summed E-state index contributed by atoms with van der Waals surface area (Å²) in [5.74, 6) is 1.77. The fourth-order valence-corrected chi connectivity index (χ4v) is 4.25. The summed E-state index contributed by atoms with van der Waals surface area (Å²) in [4.78, 5) is 9.28. The molecule has 0 aliphatic carbocycles. The number of nitrogens with one attached hydrogen (secondary N) is 1. The molecular weight excluding hydrogens is 503 g/mol. The van der Waals surface area contributed by atoms with Crippen molar-refractivity contribution in [3.05, 3.63) is 47.8 Å². The lowest BCUT2D eigenvalue weighted by Gasteiger charge is -2.34. The van der Waals surface area contributed by atoms with Gasteiger partial charge in [0.2, 0.25) is 0 Å². The van der Waals surface area contributed by atoms with Crippen LogP contribution in [-0.4, -0.2) is 60.5 Å². The molecule has 0 saturated carbocycles. The van der Waals surface area contributed by atoms with Crippen LogP contribution in [0.25, 0.3) is 0 Å². The zero-order valence-electron chi connectivity index (χ0n) is 18.8. The molecular formula is C23H35IN6O. The van der Waals surface area contributed by atoms with Gasteiger partial charge in [0, 0.05) is 57.7 Å². The van der Waals surface area contributed by atoms with E-state index >= 15 is 0 Å². The first-order valence-corrected chi connectivity index (χ1v) is 11.0. The highest BCUT2D eigenvalue weighted by Gasteiger charge is 2.25. The maximum Gasteiger partial charge on any atom is 0.194 e. The van der Waals surface area contributed by atoms with Crippen molar-refractivity contribution in [2.24, 2.45) is 18.0 Å². The predicted octanol–water partition coefficient (Wildman–Crippen LogP) is 3.42. The van der Waals surface area contributed by atoms with Crippen LogP contribution in [0.2, 0.25) is 0 Å². The molecule has 1 atom stereocenters. The van der Waals surface area contributed by atoms with Gasteiger partial charge in [-0.05, 0) is 36.5 Å². The third kappa shape index (κ3) is 6.12. The van der Waals surface area contributed by atoms with Gasteiger partial charge in [-0.1, -0.05) is 19.1 Å². The second-order valence-corrected chi connectivity index (χ2v) is 8.49. The Morgan fingerprint density at radius 2 is 1.94 bits per heavy atom. The minimum Gasteiger partial charge on any atom is -0.372 e. The molecule has 4 rings (SSSR count). The van der Waals surface area contributed by atoms with Crippen LogP contribution in [0.1, 0.15) is 37.0 Å². The fraction of sp³-hybridized carbons (Fsp3) is 0.565. The molecule has 8 heteroatoms. The van der Waals surface area contributed by atoms with E-state index in [0.29, 0.717) is 6.61 Å². The third-order valence-corrected chi connectivity index (χ3v) is 6.21. The average molecular weight is 538 g/mol. The van der Waals surface area contributed by atoms with Crippen LogP contribution in [0.3, 0.4) is 0 Å². The predicted molar refractivity (Wildman–Crippen MR) is 136 cm³/mol. The molecule has 31 heavy (non-hydrogen) atoms. The molecule has 0 amide bonds. The minimum atomic E-state index is 0. The Morgan fingerprint density at radius 3 is 2.58 bits per heavy atom.